The van der Waals surface area contributed by atoms with Gasteiger partial charge in [-0.1, -0.05) is 25.5 Å². The van der Waals surface area contributed by atoms with E-state index in [2.05, 4.69) is 0 Å². The van der Waals surface area contributed by atoms with E-state index in [9.17, 15) is 21.6 Å². The molecule has 0 unspecified atom stereocenters. The highest BCUT2D eigenvalue weighted by molar-refractivity contribution is 7.92. The maximum Gasteiger partial charge on any atom is 0.501 e. The van der Waals surface area contributed by atoms with Crippen molar-refractivity contribution in [3.05, 3.63) is 29.8 Å². The normalized spacial score (nSPS) is 12.8. The molecule has 1 aromatic rings. The van der Waals surface area contributed by atoms with E-state index in [1.54, 1.807) is 0 Å². The second kappa shape index (κ2) is 4.45. The van der Waals surface area contributed by atoms with Crippen LogP contribution in [-0.2, 0) is 16.3 Å². The lowest BCUT2D eigenvalue weighted by Gasteiger charge is -2.08. The van der Waals surface area contributed by atoms with Gasteiger partial charge in [0.05, 0.1) is 4.90 Å². The molecule has 0 heterocycles. The van der Waals surface area contributed by atoms with E-state index in [4.69, 9.17) is 0 Å². The third kappa shape index (κ3) is 2.55. The van der Waals surface area contributed by atoms with Gasteiger partial charge in [-0.15, -0.1) is 0 Å². The van der Waals surface area contributed by atoms with Gasteiger partial charge < -0.3 is 0 Å². The summed E-state index contributed by atoms with van der Waals surface area (Å²) in [7, 11) is -5.21. The SMILES string of the molecule is CCCc1ccc(S(=O)(=O)C(F)(F)F)cc1. The summed E-state index contributed by atoms with van der Waals surface area (Å²) < 4.78 is 58.5. The number of benzene rings is 1. The third-order valence-electron chi connectivity index (χ3n) is 2.08. The van der Waals surface area contributed by atoms with Crippen molar-refractivity contribution in [2.24, 2.45) is 0 Å². The molecule has 0 bridgehead atoms. The van der Waals surface area contributed by atoms with Crippen molar-refractivity contribution >= 4 is 9.84 Å². The van der Waals surface area contributed by atoms with Crippen molar-refractivity contribution in [3.8, 4) is 0 Å². The van der Waals surface area contributed by atoms with E-state index < -0.39 is 20.2 Å². The smallest absolute Gasteiger partial charge is 0.214 e. The molecule has 0 aromatic heterocycles. The molecule has 2 nitrogen and oxygen atoms in total. The van der Waals surface area contributed by atoms with Crippen LogP contribution in [0.15, 0.2) is 29.2 Å². The monoisotopic (exact) mass is 252 g/mol. The highest BCUT2D eigenvalue weighted by Gasteiger charge is 2.46. The Morgan fingerprint density at radius 2 is 1.62 bits per heavy atom. The number of hydrogen-bond donors (Lipinski definition) is 0. The average molecular weight is 252 g/mol. The van der Waals surface area contributed by atoms with Gasteiger partial charge in [-0.2, -0.15) is 13.2 Å². The lowest BCUT2D eigenvalue weighted by atomic mass is 10.1. The first-order valence-electron chi connectivity index (χ1n) is 4.69. The minimum Gasteiger partial charge on any atom is -0.214 e. The molecule has 0 aliphatic carbocycles. The molecule has 0 spiro atoms. The van der Waals surface area contributed by atoms with Gasteiger partial charge in [0, 0.05) is 0 Å². The Hall–Kier alpha value is -1.04. The van der Waals surface area contributed by atoms with Gasteiger partial charge in [0.15, 0.2) is 0 Å². The first kappa shape index (κ1) is 13.0. The van der Waals surface area contributed by atoms with Crippen molar-refractivity contribution in [1.29, 1.82) is 0 Å². The van der Waals surface area contributed by atoms with Crippen LogP contribution in [0.25, 0.3) is 0 Å². The fraction of sp³-hybridized carbons (Fsp3) is 0.400. The number of aryl methyl sites for hydroxylation is 1. The van der Waals surface area contributed by atoms with Crippen LogP contribution in [0.3, 0.4) is 0 Å². The van der Waals surface area contributed by atoms with Crippen molar-refractivity contribution in [1.82, 2.24) is 0 Å². The molecular weight excluding hydrogens is 241 g/mol. The molecule has 0 saturated carbocycles. The molecule has 0 aliphatic rings. The molecule has 1 aromatic carbocycles. The van der Waals surface area contributed by atoms with E-state index in [1.807, 2.05) is 6.92 Å². The van der Waals surface area contributed by atoms with Gasteiger partial charge in [-0.3, -0.25) is 0 Å². The summed E-state index contributed by atoms with van der Waals surface area (Å²) in [4.78, 5) is -0.708. The predicted molar refractivity (Wildman–Crippen MR) is 53.7 cm³/mol. The molecule has 0 N–H and O–H groups in total. The fourth-order valence-corrected chi connectivity index (χ4v) is 2.02. The lowest BCUT2D eigenvalue weighted by molar-refractivity contribution is -0.0436. The van der Waals surface area contributed by atoms with Crippen LogP contribution >= 0.6 is 0 Å². The number of rotatable bonds is 3. The second-order valence-electron chi connectivity index (χ2n) is 3.34. The Balaban J connectivity index is 3.08. The van der Waals surface area contributed by atoms with Crippen LogP contribution in [0.4, 0.5) is 13.2 Å². The first-order valence-corrected chi connectivity index (χ1v) is 6.17. The Bertz CT molecular complexity index is 446. The lowest BCUT2D eigenvalue weighted by Crippen LogP contribution is -2.23. The van der Waals surface area contributed by atoms with Crippen LogP contribution in [0.1, 0.15) is 18.9 Å². The molecule has 1 rings (SSSR count). The van der Waals surface area contributed by atoms with Crippen molar-refractivity contribution in [2.45, 2.75) is 30.2 Å². The number of hydrogen-bond acceptors (Lipinski definition) is 2. The maximum absolute atomic E-state index is 12.2. The molecule has 90 valence electrons. The summed E-state index contributed by atoms with van der Waals surface area (Å²) >= 11 is 0. The van der Waals surface area contributed by atoms with Gasteiger partial charge in [0.1, 0.15) is 0 Å². The van der Waals surface area contributed by atoms with Gasteiger partial charge in [0.25, 0.3) is 9.84 Å². The van der Waals surface area contributed by atoms with E-state index in [0.29, 0.717) is 6.42 Å². The number of alkyl halides is 3. The van der Waals surface area contributed by atoms with Crippen LogP contribution in [0.5, 0.6) is 0 Å². The first-order chi connectivity index (χ1) is 7.29. The molecule has 16 heavy (non-hydrogen) atoms. The van der Waals surface area contributed by atoms with E-state index >= 15 is 0 Å². The zero-order valence-electron chi connectivity index (χ0n) is 8.58. The van der Waals surface area contributed by atoms with Crippen LogP contribution < -0.4 is 0 Å². The molecule has 0 fully saturated rings. The minimum atomic E-state index is -5.24. The third-order valence-corrected chi connectivity index (χ3v) is 3.58. The molecule has 0 saturated heterocycles. The second-order valence-corrected chi connectivity index (χ2v) is 5.28. The average Bonchev–Trinajstić information content (AvgIpc) is 2.17. The van der Waals surface area contributed by atoms with Gasteiger partial charge in [0.2, 0.25) is 0 Å². The molecule has 0 radical (unpaired) electrons. The molecule has 0 amide bonds. The fourth-order valence-electron chi connectivity index (χ4n) is 1.26. The van der Waals surface area contributed by atoms with Gasteiger partial charge >= 0.3 is 5.51 Å². The van der Waals surface area contributed by atoms with E-state index in [0.717, 1.165) is 24.1 Å². The maximum atomic E-state index is 12.2. The molecular formula is C10H11F3O2S. The summed E-state index contributed by atoms with van der Waals surface area (Å²) in [5.41, 5.74) is -4.41. The van der Waals surface area contributed by atoms with Crippen molar-refractivity contribution in [3.63, 3.8) is 0 Å². The summed E-state index contributed by atoms with van der Waals surface area (Å²) in [5, 5.41) is 0. The Morgan fingerprint density at radius 3 is 2.00 bits per heavy atom. The van der Waals surface area contributed by atoms with E-state index in [-0.39, 0.29) is 0 Å². The molecule has 0 atom stereocenters. The summed E-state index contributed by atoms with van der Waals surface area (Å²) in [5.74, 6) is 0. The summed E-state index contributed by atoms with van der Waals surface area (Å²) in [6.45, 7) is 1.93. The van der Waals surface area contributed by atoms with Crippen molar-refractivity contribution < 1.29 is 21.6 Å². The predicted octanol–water partition coefficient (Wildman–Crippen LogP) is 2.93. The standard InChI is InChI=1S/C10H11F3O2S/c1-2-3-8-4-6-9(7-5-8)16(14,15)10(11,12)13/h4-7H,2-3H2,1H3. The Kier molecular flexibility index (Phi) is 3.62. The molecule has 6 heteroatoms. The zero-order valence-corrected chi connectivity index (χ0v) is 9.40. The topological polar surface area (TPSA) is 34.1 Å². The van der Waals surface area contributed by atoms with Gasteiger partial charge in [-0.25, -0.2) is 8.42 Å². The molecule has 0 aliphatic heterocycles. The highest BCUT2D eigenvalue weighted by Crippen LogP contribution is 2.30. The van der Waals surface area contributed by atoms with Gasteiger partial charge in [-0.05, 0) is 24.1 Å². The largest absolute Gasteiger partial charge is 0.501 e. The Morgan fingerprint density at radius 1 is 1.12 bits per heavy atom. The van der Waals surface area contributed by atoms with Crippen LogP contribution in [-0.4, -0.2) is 13.9 Å². The quantitative estimate of drug-likeness (QED) is 0.828. The summed E-state index contributed by atoms with van der Waals surface area (Å²) in [6, 6.07) is 4.80. The number of sulfone groups is 1. The Labute approximate surface area is 92.0 Å². The van der Waals surface area contributed by atoms with Crippen molar-refractivity contribution in [2.75, 3.05) is 0 Å². The zero-order chi connectivity index (χ0) is 12.4. The van der Waals surface area contributed by atoms with Crippen LogP contribution in [0.2, 0.25) is 0 Å². The van der Waals surface area contributed by atoms with Crippen LogP contribution in [0, 0.1) is 0 Å². The number of halogens is 3. The summed E-state index contributed by atoms with van der Waals surface area (Å²) in [6.07, 6.45) is 1.57. The highest BCUT2D eigenvalue weighted by atomic mass is 32.2. The minimum absolute atomic E-state index is 0.708. The van der Waals surface area contributed by atoms with E-state index in [1.165, 1.54) is 12.1 Å².